The van der Waals surface area contributed by atoms with Crippen molar-refractivity contribution in [3.63, 3.8) is 0 Å². The van der Waals surface area contributed by atoms with Crippen molar-refractivity contribution < 1.29 is 13.5 Å². The molecule has 0 saturated carbocycles. The molecule has 0 aromatic heterocycles. The zero-order valence-corrected chi connectivity index (χ0v) is 10.1. The SMILES string of the molecule is CS(=O)(=O)c1ccc(O)c(NN=C(C#N)C#N)c1. The van der Waals surface area contributed by atoms with Gasteiger partial charge < -0.3 is 5.11 Å². The van der Waals surface area contributed by atoms with Crippen molar-refractivity contribution in [1.82, 2.24) is 0 Å². The Bertz CT molecular complexity index is 664. The van der Waals surface area contributed by atoms with Gasteiger partial charge in [0, 0.05) is 6.26 Å². The molecule has 0 unspecified atom stereocenters. The molecule has 18 heavy (non-hydrogen) atoms. The van der Waals surface area contributed by atoms with Gasteiger partial charge in [0.1, 0.15) is 17.9 Å². The molecule has 0 radical (unpaired) electrons. The van der Waals surface area contributed by atoms with Gasteiger partial charge >= 0.3 is 0 Å². The first-order valence-corrected chi connectivity index (χ1v) is 6.44. The minimum absolute atomic E-state index is 0.0130. The van der Waals surface area contributed by atoms with E-state index in [9.17, 15) is 13.5 Å². The number of hydrazone groups is 1. The molecule has 1 aromatic carbocycles. The molecular weight excluding hydrogens is 256 g/mol. The van der Waals surface area contributed by atoms with Crippen molar-refractivity contribution in [2.75, 3.05) is 11.7 Å². The van der Waals surface area contributed by atoms with Crippen LogP contribution >= 0.6 is 0 Å². The van der Waals surface area contributed by atoms with Crippen LogP contribution in [0.1, 0.15) is 0 Å². The van der Waals surface area contributed by atoms with Crippen molar-refractivity contribution in [3.8, 4) is 17.9 Å². The second-order valence-electron chi connectivity index (χ2n) is 3.25. The largest absolute Gasteiger partial charge is 0.506 e. The standard InChI is InChI=1S/C10H8N4O3S/c1-18(16,17)8-2-3-10(15)9(4-8)14-13-7(5-11)6-12/h2-4,14-15H,1H3. The van der Waals surface area contributed by atoms with E-state index >= 15 is 0 Å². The summed E-state index contributed by atoms with van der Waals surface area (Å²) in [5, 5.41) is 29.8. The van der Waals surface area contributed by atoms with Crippen LogP contribution in [0.15, 0.2) is 28.2 Å². The maximum Gasteiger partial charge on any atom is 0.237 e. The zero-order valence-electron chi connectivity index (χ0n) is 9.25. The molecule has 1 aromatic rings. The lowest BCUT2D eigenvalue weighted by Crippen LogP contribution is -2.00. The fraction of sp³-hybridized carbons (Fsp3) is 0.100. The molecule has 0 bridgehead atoms. The molecule has 0 aliphatic heterocycles. The number of hydrogen-bond donors (Lipinski definition) is 2. The molecule has 0 heterocycles. The van der Waals surface area contributed by atoms with Gasteiger partial charge in [0.15, 0.2) is 9.84 Å². The Hall–Kier alpha value is -2.58. The van der Waals surface area contributed by atoms with E-state index in [1.807, 2.05) is 0 Å². The van der Waals surface area contributed by atoms with Crippen molar-refractivity contribution in [2.24, 2.45) is 5.10 Å². The fourth-order valence-electron chi connectivity index (χ4n) is 1.03. The van der Waals surface area contributed by atoms with E-state index < -0.39 is 15.5 Å². The van der Waals surface area contributed by atoms with E-state index in [0.717, 1.165) is 12.3 Å². The van der Waals surface area contributed by atoms with Crippen LogP contribution in [0.4, 0.5) is 5.69 Å². The Kier molecular flexibility index (Phi) is 3.87. The second-order valence-corrected chi connectivity index (χ2v) is 5.26. The average molecular weight is 264 g/mol. The third-order valence-electron chi connectivity index (χ3n) is 1.90. The first-order chi connectivity index (χ1) is 8.38. The number of benzene rings is 1. The lowest BCUT2D eigenvalue weighted by Gasteiger charge is -2.05. The Morgan fingerprint density at radius 1 is 1.39 bits per heavy atom. The normalized spacial score (nSPS) is 9.94. The summed E-state index contributed by atoms with van der Waals surface area (Å²) >= 11 is 0. The summed E-state index contributed by atoms with van der Waals surface area (Å²) in [5.41, 5.74) is 1.80. The van der Waals surface area contributed by atoms with Gasteiger partial charge in [0.05, 0.1) is 10.6 Å². The summed E-state index contributed by atoms with van der Waals surface area (Å²) < 4.78 is 22.6. The average Bonchev–Trinajstić information content (AvgIpc) is 2.31. The molecule has 0 saturated heterocycles. The molecule has 2 N–H and O–H groups in total. The topological polar surface area (TPSA) is 126 Å². The lowest BCUT2D eigenvalue weighted by molar-refractivity contribution is 0.477. The van der Waals surface area contributed by atoms with Gasteiger partial charge in [0.2, 0.25) is 5.71 Å². The van der Waals surface area contributed by atoms with Crippen LogP contribution in [-0.4, -0.2) is 25.5 Å². The monoisotopic (exact) mass is 264 g/mol. The Morgan fingerprint density at radius 2 is 2.00 bits per heavy atom. The van der Waals surface area contributed by atoms with Crippen LogP contribution in [0.3, 0.4) is 0 Å². The van der Waals surface area contributed by atoms with E-state index in [1.54, 1.807) is 0 Å². The molecule has 0 aliphatic carbocycles. The van der Waals surface area contributed by atoms with Crippen molar-refractivity contribution in [2.45, 2.75) is 4.90 Å². The van der Waals surface area contributed by atoms with Crippen molar-refractivity contribution >= 4 is 21.2 Å². The summed E-state index contributed by atoms with van der Waals surface area (Å²) in [4.78, 5) is -0.0199. The fourth-order valence-corrected chi connectivity index (χ4v) is 1.67. The molecule has 8 heteroatoms. The minimum Gasteiger partial charge on any atom is -0.506 e. The van der Waals surface area contributed by atoms with E-state index in [-0.39, 0.29) is 16.3 Å². The van der Waals surface area contributed by atoms with Gasteiger partial charge in [-0.25, -0.2) is 8.42 Å². The number of phenolic OH excluding ortho intramolecular Hbond substituents is 1. The molecule has 7 nitrogen and oxygen atoms in total. The summed E-state index contributed by atoms with van der Waals surface area (Å²) in [6.45, 7) is 0. The van der Waals surface area contributed by atoms with E-state index in [4.69, 9.17) is 10.5 Å². The van der Waals surface area contributed by atoms with Crippen LogP contribution in [0.2, 0.25) is 0 Å². The van der Waals surface area contributed by atoms with E-state index in [2.05, 4.69) is 10.5 Å². The number of aromatic hydroxyl groups is 1. The molecule has 0 amide bonds. The van der Waals surface area contributed by atoms with Gasteiger partial charge in [-0.15, -0.1) is 0 Å². The number of phenols is 1. The van der Waals surface area contributed by atoms with Gasteiger partial charge in [-0.3, -0.25) is 5.43 Å². The highest BCUT2D eigenvalue weighted by Gasteiger charge is 2.10. The minimum atomic E-state index is -3.42. The second kappa shape index (κ2) is 5.17. The molecule has 0 spiro atoms. The highest BCUT2D eigenvalue weighted by Crippen LogP contribution is 2.26. The van der Waals surface area contributed by atoms with Crippen LogP contribution in [0.5, 0.6) is 5.75 Å². The Morgan fingerprint density at radius 3 is 2.50 bits per heavy atom. The van der Waals surface area contributed by atoms with Gasteiger partial charge in [-0.2, -0.15) is 15.6 Å². The first kappa shape index (κ1) is 13.5. The predicted octanol–water partition coefficient (Wildman–Crippen LogP) is 0.611. The van der Waals surface area contributed by atoms with Crippen LogP contribution in [-0.2, 0) is 9.84 Å². The summed E-state index contributed by atoms with van der Waals surface area (Å²) in [7, 11) is -3.42. The van der Waals surface area contributed by atoms with Crippen LogP contribution in [0, 0.1) is 22.7 Å². The lowest BCUT2D eigenvalue weighted by atomic mass is 10.3. The predicted molar refractivity (Wildman–Crippen MR) is 63.5 cm³/mol. The smallest absolute Gasteiger partial charge is 0.237 e. The third kappa shape index (κ3) is 3.20. The number of hydrogen-bond acceptors (Lipinski definition) is 7. The highest BCUT2D eigenvalue weighted by atomic mass is 32.2. The molecule has 0 fully saturated rings. The Labute approximate surface area is 104 Å². The van der Waals surface area contributed by atoms with Gasteiger partial charge in [-0.05, 0) is 18.2 Å². The van der Waals surface area contributed by atoms with E-state index in [1.165, 1.54) is 24.3 Å². The van der Waals surface area contributed by atoms with Gasteiger partial charge in [0.25, 0.3) is 0 Å². The molecule has 0 aliphatic rings. The number of sulfone groups is 1. The number of anilines is 1. The maximum atomic E-state index is 11.3. The zero-order chi connectivity index (χ0) is 13.8. The third-order valence-corrected chi connectivity index (χ3v) is 3.01. The molecule has 1 rings (SSSR count). The maximum absolute atomic E-state index is 11.3. The van der Waals surface area contributed by atoms with Gasteiger partial charge in [-0.1, -0.05) is 0 Å². The van der Waals surface area contributed by atoms with Crippen molar-refractivity contribution in [3.05, 3.63) is 18.2 Å². The highest BCUT2D eigenvalue weighted by molar-refractivity contribution is 7.90. The molecular formula is C10H8N4O3S. The quantitative estimate of drug-likeness (QED) is 0.468. The summed E-state index contributed by atoms with van der Waals surface area (Å²) in [5.74, 6) is -0.249. The number of nitrogens with one attached hydrogen (secondary N) is 1. The van der Waals surface area contributed by atoms with Crippen LogP contribution < -0.4 is 5.43 Å². The Balaban J connectivity index is 3.16. The summed E-state index contributed by atoms with van der Waals surface area (Å²) in [6, 6.07) is 6.58. The van der Waals surface area contributed by atoms with Crippen LogP contribution in [0.25, 0.3) is 0 Å². The van der Waals surface area contributed by atoms with Crippen molar-refractivity contribution in [1.29, 1.82) is 10.5 Å². The number of rotatable bonds is 3. The molecule has 92 valence electrons. The number of nitriles is 2. The van der Waals surface area contributed by atoms with E-state index in [0.29, 0.717) is 0 Å². The molecule has 0 atom stereocenters. The first-order valence-electron chi connectivity index (χ1n) is 4.55. The number of nitrogens with zero attached hydrogens (tertiary/aromatic N) is 3. The summed E-state index contributed by atoms with van der Waals surface area (Å²) in [6.07, 6.45) is 1.02.